The summed E-state index contributed by atoms with van der Waals surface area (Å²) in [7, 11) is 3.24. The second kappa shape index (κ2) is 7.48. The summed E-state index contributed by atoms with van der Waals surface area (Å²) in [4.78, 5) is 0. The lowest BCUT2D eigenvalue weighted by Gasteiger charge is -2.13. The molecule has 4 N–H and O–H groups in total. The van der Waals surface area contributed by atoms with E-state index >= 15 is 0 Å². The monoisotopic (exact) mass is 267 g/mol. The Bertz CT molecular complexity index is 435. The Morgan fingerprint density at radius 3 is 2.74 bits per heavy atom. The summed E-state index contributed by atoms with van der Waals surface area (Å²) >= 11 is 0. The summed E-state index contributed by atoms with van der Waals surface area (Å²) in [6.07, 6.45) is 0. The fourth-order valence-corrected chi connectivity index (χ4v) is 1.62. The van der Waals surface area contributed by atoms with Crippen molar-refractivity contribution >= 4 is 5.84 Å². The van der Waals surface area contributed by atoms with Crippen molar-refractivity contribution < 1.29 is 14.7 Å². The molecule has 19 heavy (non-hydrogen) atoms. The van der Waals surface area contributed by atoms with E-state index in [9.17, 15) is 0 Å². The predicted octanol–water partition coefficient (Wildman–Crippen LogP) is 1.18. The molecule has 6 nitrogen and oxygen atoms in total. The number of nitrogens with two attached hydrogens (primary N) is 1. The van der Waals surface area contributed by atoms with Gasteiger partial charge < -0.3 is 25.7 Å². The highest BCUT2D eigenvalue weighted by atomic mass is 16.5. The molecule has 0 amide bonds. The quantitative estimate of drug-likeness (QED) is 0.299. The minimum Gasteiger partial charge on any atom is -0.497 e. The maximum absolute atomic E-state index is 8.56. The van der Waals surface area contributed by atoms with Gasteiger partial charge in [0.15, 0.2) is 0 Å². The number of methoxy groups -OCH3 is 2. The standard InChI is InChI=1S/C13H21N3O3/c1-9(13(14)16-17)7-15-8-10-4-5-11(18-2)6-12(10)19-3/h4-6,9,15,17H,7-8H2,1-3H3,(H2,14,16). The third kappa shape index (κ3) is 4.33. The van der Waals surface area contributed by atoms with Gasteiger partial charge in [-0.05, 0) is 6.07 Å². The first-order chi connectivity index (χ1) is 9.12. The molecular weight excluding hydrogens is 246 g/mol. The molecule has 0 aliphatic carbocycles. The van der Waals surface area contributed by atoms with Gasteiger partial charge in [0.2, 0.25) is 0 Å². The van der Waals surface area contributed by atoms with Crippen LogP contribution in [0.5, 0.6) is 11.5 Å². The van der Waals surface area contributed by atoms with E-state index < -0.39 is 0 Å². The Hall–Kier alpha value is -1.95. The largest absolute Gasteiger partial charge is 0.497 e. The Kier molecular flexibility index (Phi) is 5.95. The van der Waals surface area contributed by atoms with Crippen molar-refractivity contribution in [2.75, 3.05) is 20.8 Å². The van der Waals surface area contributed by atoms with Gasteiger partial charge >= 0.3 is 0 Å². The summed E-state index contributed by atoms with van der Waals surface area (Å²) in [5, 5.41) is 14.8. The van der Waals surface area contributed by atoms with E-state index in [1.165, 1.54) is 0 Å². The summed E-state index contributed by atoms with van der Waals surface area (Å²) in [5.41, 5.74) is 6.53. The molecule has 0 aromatic heterocycles. The van der Waals surface area contributed by atoms with Crippen LogP contribution >= 0.6 is 0 Å². The molecule has 6 heteroatoms. The molecular formula is C13H21N3O3. The zero-order chi connectivity index (χ0) is 14.3. The molecule has 1 aromatic rings. The lowest BCUT2D eigenvalue weighted by molar-refractivity contribution is 0.314. The summed E-state index contributed by atoms with van der Waals surface area (Å²) in [6, 6.07) is 5.66. The van der Waals surface area contributed by atoms with E-state index in [2.05, 4.69) is 10.5 Å². The first-order valence-electron chi connectivity index (χ1n) is 6.01. The number of benzene rings is 1. The summed E-state index contributed by atoms with van der Waals surface area (Å²) < 4.78 is 10.4. The maximum Gasteiger partial charge on any atom is 0.143 e. The molecule has 0 saturated carbocycles. The van der Waals surface area contributed by atoms with Gasteiger partial charge in [-0.1, -0.05) is 18.1 Å². The second-order valence-corrected chi connectivity index (χ2v) is 4.23. The highest BCUT2D eigenvalue weighted by Crippen LogP contribution is 2.24. The third-order valence-corrected chi connectivity index (χ3v) is 2.88. The van der Waals surface area contributed by atoms with Gasteiger partial charge in [-0.15, -0.1) is 0 Å². The number of hydrogen-bond donors (Lipinski definition) is 3. The molecule has 0 heterocycles. The minimum atomic E-state index is -0.0331. The summed E-state index contributed by atoms with van der Waals surface area (Å²) in [5.74, 6) is 1.71. The number of hydrogen-bond acceptors (Lipinski definition) is 5. The van der Waals surface area contributed by atoms with Crippen LogP contribution in [-0.2, 0) is 6.54 Å². The normalized spacial score (nSPS) is 13.1. The van der Waals surface area contributed by atoms with Crippen molar-refractivity contribution in [3.8, 4) is 11.5 Å². The van der Waals surface area contributed by atoms with Crippen LogP contribution in [0.4, 0.5) is 0 Å². The zero-order valence-corrected chi connectivity index (χ0v) is 11.5. The molecule has 0 spiro atoms. The second-order valence-electron chi connectivity index (χ2n) is 4.23. The first-order valence-corrected chi connectivity index (χ1v) is 6.01. The van der Waals surface area contributed by atoms with Gasteiger partial charge in [-0.25, -0.2) is 0 Å². The lowest BCUT2D eigenvalue weighted by atomic mass is 10.1. The number of ether oxygens (including phenoxy) is 2. The zero-order valence-electron chi connectivity index (χ0n) is 11.5. The lowest BCUT2D eigenvalue weighted by Crippen LogP contribution is -2.31. The highest BCUT2D eigenvalue weighted by Gasteiger charge is 2.08. The van der Waals surface area contributed by atoms with E-state index in [1.54, 1.807) is 14.2 Å². The van der Waals surface area contributed by atoms with Gasteiger partial charge in [0.1, 0.15) is 17.3 Å². The van der Waals surface area contributed by atoms with Gasteiger partial charge in [0.25, 0.3) is 0 Å². The molecule has 0 aliphatic heterocycles. The Labute approximate surface area is 113 Å². The average molecular weight is 267 g/mol. The fraction of sp³-hybridized carbons (Fsp3) is 0.462. The molecule has 1 unspecified atom stereocenters. The van der Waals surface area contributed by atoms with Crippen molar-refractivity contribution in [1.82, 2.24) is 5.32 Å². The highest BCUT2D eigenvalue weighted by molar-refractivity contribution is 5.82. The molecule has 1 rings (SSSR count). The number of amidine groups is 1. The Morgan fingerprint density at radius 1 is 1.42 bits per heavy atom. The van der Waals surface area contributed by atoms with Crippen LogP contribution < -0.4 is 20.5 Å². The number of rotatable bonds is 7. The van der Waals surface area contributed by atoms with Crippen LogP contribution in [0.1, 0.15) is 12.5 Å². The van der Waals surface area contributed by atoms with Crippen molar-refractivity contribution in [3.05, 3.63) is 23.8 Å². The van der Waals surface area contributed by atoms with Crippen LogP contribution in [-0.4, -0.2) is 31.8 Å². The first kappa shape index (κ1) is 15.1. The van der Waals surface area contributed by atoms with E-state index in [1.807, 2.05) is 25.1 Å². The average Bonchev–Trinajstić information content (AvgIpc) is 2.46. The fourth-order valence-electron chi connectivity index (χ4n) is 1.62. The van der Waals surface area contributed by atoms with Gasteiger partial charge in [0, 0.05) is 30.6 Å². The van der Waals surface area contributed by atoms with E-state index in [-0.39, 0.29) is 11.8 Å². The third-order valence-electron chi connectivity index (χ3n) is 2.88. The van der Waals surface area contributed by atoms with Crippen LogP contribution in [0, 0.1) is 5.92 Å². The smallest absolute Gasteiger partial charge is 0.143 e. The molecule has 1 aromatic carbocycles. The Morgan fingerprint density at radius 2 is 2.16 bits per heavy atom. The van der Waals surface area contributed by atoms with Crippen LogP contribution in [0.25, 0.3) is 0 Å². The van der Waals surface area contributed by atoms with Crippen molar-refractivity contribution in [3.63, 3.8) is 0 Å². The molecule has 0 aliphatic rings. The van der Waals surface area contributed by atoms with E-state index in [0.29, 0.717) is 13.1 Å². The van der Waals surface area contributed by atoms with E-state index in [4.69, 9.17) is 20.4 Å². The minimum absolute atomic E-state index is 0.0331. The SMILES string of the molecule is COc1ccc(CNCC(C)C(N)=NO)c(OC)c1. The predicted molar refractivity (Wildman–Crippen MR) is 73.8 cm³/mol. The molecule has 0 fully saturated rings. The van der Waals surface area contributed by atoms with Crippen molar-refractivity contribution in [2.45, 2.75) is 13.5 Å². The molecule has 0 bridgehead atoms. The van der Waals surface area contributed by atoms with E-state index in [0.717, 1.165) is 17.1 Å². The number of nitrogens with one attached hydrogen (secondary N) is 1. The van der Waals surface area contributed by atoms with Crippen molar-refractivity contribution in [1.29, 1.82) is 0 Å². The van der Waals surface area contributed by atoms with Crippen molar-refractivity contribution in [2.24, 2.45) is 16.8 Å². The number of nitrogens with zero attached hydrogens (tertiary/aromatic N) is 1. The van der Waals surface area contributed by atoms with Crippen LogP contribution in [0.2, 0.25) is 0 Å². The molecule has 106 valence electrons. The topological polar surface area (TPSA) is 89.1 Å². The van der Waals surface area contributed by atoms with Crippen LogP contribution in [0.3, 0.4) is 0 Å². The Balaban J connectivity index is 2.58. The van der Waals surface area contributed by atoms with Gasteiger partial charge in [0.05, 0.1) is 14.2 Å². The maximum atomic E-state index is 8.56. The molecule has 1 atom stereocenters. The molecule has 0 saturated heterocycles. The summed E-state index contributed by atoms with van der Waals surface area (Å²) in [6.45, 7) is 3.13. The number of oxime groups is 1. The van der Waals surface area contributed by atoms with Crippen LogP contribution in [0.15, 0.2) is 23.4 Å². The molecule has 0 radical (unpaired) electrons. The van der Waals surface area contributed by atoms with Gasteiger partial charge in [-0.3, -0.25) is 0 Å². The van der Waals surface area contributed by atoms with Gasteiger partial charge in [-0.2, -0.15) is 0 Å².